The topological polar surface area (TPSA) is 29.5 Å². The van der Waals surface area contributed by atoms with E-state index in [1.165, 1.54) is 0 Å². The number of hydrogen-bond acceptors (Lipinski definition) is 2. The molecule has 1 aliphatic rings. The number of anilines is 1. The Bertz CT molecular complexity index is 1040. The summed E-state index contributed by atoms with van der Waals surface area (Å²) < 4.78 is 7.73. The van der Waals surface area contributed by atoms with Gasteiger partial charge in [-0.2, -0.15) is 0 Å². The van der Waals surface area contributed by atoms with E-state index in [2.05, 4.69) is 44.6 Å². The average molecular weight is 583 g/mol. The van der Waals surface area contributed by atoms with Gasteiger partial charge in [-0.15, -0.1) is 0 Å². The van der Waals surface area contributed by atoms with E-state index in [1.54, 1.807) is 4.90 Å². The van der Waals surface area contributed by atoms with Crippen LogP contribution in [-0.4, -0.2) is 6.09 Å². The highest BCUT2D eigenvalue weighted by atomic mass is 127. The molecule has 0 bridgehead atoms. The summed E-state index contributed by atoms with van der Waals surface area (Å²) >= 11 is 12.5. The molecular formula is C23H18BrClINO2. The Labute approximate surface area is 197 Å². The normalized spacial score (nSPS) is 15.7. The van der Waals surface area contributed by atoms with E-state index in [4.69, 9.17) is 16.3 Å². The lowest BCUT2D eigenvalue weighted by Crippen LogP contribution is -2.39. The highest BCUT2D eigenvalue weighted by Gasteiger charge is 2.35. The minimum absolute atomic E-state index is 0.184. The standard InChI is InChI=1S/C23H18BrClINO2/c24-19-13-17(26)12-16-10-11-21(18-8-4-5-9-20(18)25)27(22(16)19)23(28)29-14-15-6-2-1-3-7-15/h1-9,12-13,21H,10-11,14H2. The molecule has 3 aromatic carbocycles. The number of benzene rings is 3. The van der Waals surface area contributed by atoms with Crippen molar-refractivity contribution >= 4 is 61.9 Å². The third-order valence-corrected chi connectivity index (χ3v) is 6.58. The SMILES string of the molecule is O=C(OCc1ccccc1)N1c2c(Br)cc(I)cc2CCC1c1ccccc1Cl. The summed E-state index contributed by atoms with van der Waals surface area (Å²) in [6.07, 6.45) is 1.27. The molecule has 0 aliphatic carbocycles. The Balaban J connectivity index is 1.72. The van der Waals surface area contributed by atoms with Gasteiger partial charge in [0, 0.05) is 13.1 Å². The lowest BCUT2D eigenvalue weighted by molar-refractivity contribution is 0.143. The second-order valence-corrected chi connectivity index (χ2v) is 9.39. The first-order valence-electron chi connectivity index (χ1n) is 9.27. The van der Waals surface area contributed by atoms with Crippen LogP contribution in [0.5, 0.6) is 0 Å². The zero-order valence-electron chi connectivity index (χ0n) is 15.4. The van der Waals surface area contributed by atoms with E-state index in [-0.39, 0.29) is 18.7 Å². The van der Waals surface area contributed by atoms with Crippen molar-refractivity contribution in [1.29, 1.82) is 0 Å². The van der Waals surface area contributed by atoms with Gasteiger partial charge in [-0.05, 0) is 86.3 Å². The maximum absolute atomic E-state index is 13.3. The molecule has 0 aromatic heterocycles. The van der Waals surface area contributed by atoms with Crippen molar-refractivity contribution in [1.82, 2.24) is 0 Å². The first kappa shape index (κ1) is 20.7. The van der Waals surface area contributed by atoms with Crippen molar-refractivity contribution in [3.63, 3.8) is 0 Å². The summed E-state index contributed by atoms with van der Waals surface area (Å²) in [6, 6.07) is 21.4. The fraction of sp³-hybridized carbons (Fsp3) is 0.174. The van der Waals surface area contributed by atoms with E-state index in [1.807, 2.05) is 60.7 Å². The molecule has 148 valence electrons. The largest absolute Gasteiger partial charge is 0.444 e. The van der Waals surface area contributed by atoms with Gasteiger partial charge in [0.1, 0.15) is 6.61 Å². The molecule has 1 aliphatic heterocycles. The second-order valence-electron chi connectivity index (χ2n) is 6.88. The van der Waals surface area contributed by atoms with Crippen molar-refractivity contribution in [2.24, 2.45) is 0 Å². The maximum Gasteiger partial charge on any atom is 0.415 e. The Morgan fingerprint density at radius 2 is 1.86 bits per heavy atom. The molecule has 0 spiro atoms. The molecule has 6 heteroatoms. The molecule has 3 aromatic rings. The minimum Gasteiger partial charge on any atom is -0.444 e. The molecule has 0 saturated heterocycles. The summed E-state index contributed by atoms with van der Waals surface area (Å²) in [6.45, 7) is 0.225. The van der Waals surface area contributed by atoms with E-state index in [0.717, 1.165) is 43.3 Å². The zero-order valence-corrected chi connectivity index (χ0v) is 19.9. The first-order valence-corrected chi connectivity index (χ1v) is 11.5. The molecule has 0 N–H and O–H groups in total. The number of fused-ring (bicyclic) bond motifs is 1. The van der Waals surface area contributed by atoms with Gasteiger partial charge >= 0.3 is 6.09 Å². The third-order valence-electron chi connectivity index (χ3n) is 5.01. The van der Waals surface area contributed by atoms with Crippen molar-refractivity contribution < 1.29 is 9.53 Å². The van der Waals surface area contributed by atoms with Crippen LogP contribution in [0.2, 0.25) is 5.02 Å². The molecule has 0 radical (unpaired) electrons. The fourth-order valence-corrected chi connectivity index (χ4v) is 5.77. The van der Waals surface area contributed by atoms with E-state index in [9.17, 15) is 4.79 Å². The predicted octanol–water partition coefficient (Wildman–Crippen LogP) is 7.54. The summed E-state index contributed by atoms with van der Waals surface area (Å²) in [5, 5.41) is 0.656. The number of carbonyl (C=O) groups excluding carboxylic acids is 1. The van der Waals surface area contributed by atoms with E-state index in [0.29, 0.717) is 5.02 Å². The van der Waals surface area contributed by atoms with Crippen LogP contribution in [0, 0.1) is 3.57 Å². The quantitative estimate of drug-likeness (QED) is 0.299. The highest BCUT2D eigenvalue weighted by molar-refractivity contribution is 14.1. The number of nitrogens with zero attached hydrogens (tertiary/aromatic N) is 1. The van der Waals surface area contributed by atoms with Crippen molar-refractivity contribution in [2.75, 3.05) is 4.90 Å². The summed E-state index contributed by atoms with van der Waals surface area (Å²) in [5.41, 5.74) is 3.87. The average Bonchev–Trinajstić information content (AvgIpc) is 2.72. The molecule has 1 unspecified atom stereocenters. The molecule has 3 nitrogen and oxygen atoms in total. The van der Waals surface area contributed by atoms with Gasteiger partial charge in [0.2, 0.25) is 0 Å². The fourth-order valence-electron chi connectivity index (χ4n) is 3.70. The molecule has 1 atom stereocenters. The van der Waals surface area contributed by atoms with Gasteiger partial charge in [-0.3, -0.25) is 4.90 Å². The molecule has 0 fully saturated rings. The molecular weight excluding hydrogens is 565 g/mol. The Kier molecular flexibility index (Phi) is 6.47. The number of halogens is 3. The molecule has 1 amide bonds. The van der Waals surface area contributed by atoms with Crippen LogP contribution in [-0.2, 0) is 17.8 Å². The van der Waals surface area contributed by atoms with Crippen LogP contribution in [0.25, 0.3) is 0 Å². The van der Waals surface area contributed by atoms with Crippen molar-refractivity contribution in [2.45, 2.75) is 25.5 Å². The van der Waals surface area contributed by atoms with Gasteiger partial charge in [0.05, 0.1) is 11.7 Å². The van der Waals surface area contributed by atoms with Crippen LogP contribution in [0.1, 0.15) is 29.2 Å². The van der Waals surface area contributed by atoms with Gasteiger partial charge in [0.25, 0.3) is 0 Å². The van der Waals surface area contributed by atoms with Gasteiger partial charge in [-0.1, -0.05) is 60.1 Å². The number of rotatable bonds is 3. The van der Waals surface area contributed by atoms with E-state index < -0.39 is 0 Å². The zero-order chi connectivity index (χ0) is 20.4. The van der Waals surface area contributed by atoms with Crippen LogP contribution >= 0.6 is 50.1 Å². The smallest absolute Gasteiger partial charge is 0.415 e. The third kappa shape index (κ3) is 4.47. The highest BCUT2D eigenvalue weighted by Crippen LogP contribution is 2.45. The number of amides is 1. The summed E-state index contributed by atoms with van der Waals surface area (Å²) in [7, 11) is 0. The Hall–Kier alpha value is -1.57. The molecule has 4 rings (SSSR count). The Morgan fingerprint density at radius 3 is 2.62 bits per heavy atom. The van der Waals surface area contributed by atoms with Crippen LogP contribution in [0.4, 0.5) is 10.5 Å². The van der Waals surface area contributed by atoms with Crippen LogP contribution < -0.4 is 4.90 Å². The van der Waals surface area contributed by atoms with Crippen molar-refractivity contribution in [3.05, 3.63) is 96.5 Å². The monoisotopic (exact) mass is 581 g/mol. The summed E-state index contributed by atoms with van der Waals surface area (Å²) in [5.74, 6) is 0. The minimum atomic E-state index is -0.373. The molecule has 1 heterocycles. The number of ether oxygens (including phenoxy) is 1. The molecule has 0 saturated carbocycles. The van der Waals surface area contributed by atoms with Crippen molar-refractivity contribution in [3.8, 4) is 0 Å². The Morgan fingerprint density at radius 1 is 1.14 bits per heavy atom. The lowest BCUT2D eigenvalue weighted by Gasteiger charge is -2.38. The number of aryl methyl sites for hydroxylation is 1. The number of hydrogen-bond donors (Lipinski definition) is 0. The van der Waals surface area contributed by atoms with Crippen LogP contribution in [0.3, 0.4) is 0 Å². The van der Waals surface area contributed by atoms with Crippen LogP contribution in [0.15, 0.2) is 71.2 Å². The van der Waals surface area contributed by atoms with Gasteiger partial charge in [-0.25, -0.2) is 4.79 Å². The maximum atomic E-state index is 13.3. The summed E-state index contributed by atoms with van der Waals surface area (Å²) in [4.78, 5) is 15.1. The lowest BCUT2D eigenvalue weighted by atomic mass is 9.91. The van der Waals surface area contributed by atoms with E-state index >= 15 is 0 Å². The van der Waals surface area contributed by atoms with Gasteiger partial charge < -0.3 is 4.74 Å². The first-order chi connectivity index (χ1) is 14.0. The predicted molar refractivity (Wildman–Crippen MR) is 128 cm³/mol. The number of carbonyl (C=O) groups is 1. The second kappa shape index (κ2) is 9.06. The van der Waals surface area contributed by atoms with Gasteiger partial charge in [0.15, 0.2) is 0 Å². The molecule has 29 heavy (non-hydrogen) atoms.